The van der Waals surface area contributed by atoms with Crippen molar-refractivity contribution >= 4 is 6.09 Å². The lowest BCUT2D eigenvalue weighted by atomic mass is 9.87. The molecule has 1 saturated carbocycles. The predicted molar refractivity (Wildman–Crippen MR) is 74.2 cm³/mol. The molecule has 2 unspecified atom stereocenters. The van der Waals surface area contributed by atoms with Gasteiger partial charge in [-0.05, 0) is 33.6 Å². The second-order valence-corrected chi connectivity index (χ2v) is 6.18. The number of ether oxygens (including phenoxy) is 1. The molecule has 112 valence electrons. The molecular formula is C13H23N5O2. The summed E-state index contributed by atoms with van der Waals surface area (Å²) in [5.74, 6) is 0. The van der Waals surface area contributed by atoms with Crippen LogP contribution in [0.2, 0.25) is 0 Å². The zero-order chi connectivity index (χ0) is 14.8. The second-order valence-electron chi connectivity index (χ2n) is 6.18. The normalized spacial score (nSPS) is 22.2. The number of hydrogen-bond acceptors (Lipinski definition) is 5. The standard InChI is InChI=1S/C13H23N5O2/c1-13(2,3)20-12(19)15-7-6-9-8-18(17-16-9)11-5-4-10(11)14/h8,10-11H,4-7,14H2,1-3H3,(H,15,19). The fraction of sp³-hybridized carbons (Fsp3) is 0.769. The van der Waals surface area contributed by atoms with Crippen LogP contribution in [0.25, 0.3) is 0 Å². The Hall–Kier alpha value is -1.63. The van der Waals surface area contributed by atoms with Gasteiger partial charge in [-0.15, -0.1) is 5.10 Å². The minimum Gasteiger partial charge on any atom is -0.444 e. The minimum atomic E-state index is -0.479. The van der Waals surface area contributed by atoms with E-state index >= 15 is 0 Å². The third-order valence-electron chi connectivity index (χ3n) is 3.24. The molecule has 1 aromatic rings. The highest BCUT2D eigenvalue weighted by Crippen LogP contribution is 2.29. The highest BCUT2D eigenvalue weighted by atomic mass is 16.6. The van der Waals surface area contributed by atoms with Crippen LogP contribution in [0.15, 0.2) is 6.20 Å². The van der Waals surface area contributed by atoms with Gasteiger partial charge in [-0.3, -0.25) is 0 Å². The molecule has 7 heteroatoms. The number of amides is 1. The zero-order valence-electron chi connectivity index (χ0n) is 12.3. The van der Waals surface area contributed by atoms with Gasteiger partial charge in [0.2, 0.25) is 0 Å². The van der Waals surface area contributed by atoms with E-state index in [1.54, 1.807) is 0 Å². The Morgan fingerprint density at radius 3 is 2.85 bits per heavy atom. The third kappa shape index (κ3) is 3.93. The third-order valence-corrected chi connectivity index (χ3v) is 3.24. The molecule has 1 aliphatic carbocycles. The Kier molecular flexibility index (Phi) is 4.27. The first-order valence-corrected chi connectivity index (χ1v) is 6.98. The van der Waals surface area contributed by atoms with Gasteiger partial charge in [-0.1, -0.05) is 5.21 Å². The van der Waals surface area contributed by atoms with Gasteiger partial charge in [-0.25, -0.2) is 9.48 Å². The van der Waals surface area contributed by atoms with Crippen molar-refractivity contribution in [2.24, 2.45) is 5.73 Å². The number of carbonyl (C=O) groups excluding carboxylic acids is 1. The summed E-state index contributed by atoms with van der Waals surface area (Å²) in [6.45, 7) is 5.98. The van der Waals surface area contributed by atoms with E-state index in [1.807, 2.05) is 31.6 Å². The van der Waals surface area contributed by atoms with E-state index in [4.69, 9.17) is 10.5 Å². The van der Waals surface area contributed by atoms with Crippen molar-refractivity contribution in [2.45, 2.75) is 57.7 Å². The molecule has 0 saturated heterocycles. The lowest BCUT2D eigenvalue weighted by Gasteiger charge is -2.32. The highest BCUT2D eigenvalue weighted by molar-refractivity contribution is 5.67. The lowest BCUT2D eigenvalue weighted by molar-refractivity contribution is 0.0528. The van der Waals surface area contributed by atoms with Crippen molar-refractivity contribution in [3.63, 3.8) is 0 Å². The van der Waals surface area contributed by atoms with Crippen LogP contribution in [0.1, 0.15) is 45.3 Å². The molecule has 0 bridgehead atoms. The Bertz CT molecular complexity index is 466. The molecular weight excluding hydrogens is 258 g/mol. The average Bonchev–Trinajstić information content (AvgIpc) is 2.73. The van der Waals surface area contributed by atoms with Gasteiger partial charge in [0.1, 0.15) is 5.60 Å². The summed E-state index contributed by atoms with van der Waals surface area (Å²) in [7, 11) is 0. The van der Waals surface area contributed by atoms with Gasteiger partial charge < -0.3 is 15.8 Å². The first kappa shape index (κ1) is 14.8. The van der Waals surface area contributed by atoms with Crippen molar-refractivity contribution in [2.75, 3.05) is 6.54 Å². The number of nitrogens with zero attached hydrogens (tertiary/aromatic N) is 3. The van der Waals surface area contributed by atoms with Crippen LogP contribution in [0, 0.1) is 0 Å². The van der Waals surface area contributed by atoms with Crippen LogP contribution in [-0.4, -0.2) is 39.3 Å². The first-order chi connectivity index (χ1) is 9.35. The number of nitrogens with one attached hydrogen (secondary N) is 1. The molecule has 20 heavy (non-hydrogen) atoms. The largest absolute Gasteiger partial charge is 0.444 e. The van der Waals surface area contributed by atoms with E-state index in [2.05, 4.69) is 15.6 Å². The van der Waals surface area contributed by atoms with Crippen molar-refractivity contribution in [3.8, 4) is 0 Å². The monoisotopic (exact) mass is 281 g/mol. The van der Waals surface area contributed by atoms with E-state index in [1.165, 1.54) is 0 Å². The molecule has 3 N–H and O–H groups in total. The summed E-state index contributed by atoms with van der Waals surface area (Å²) in [5, 5.41) is 10.9. The average molecular weight is 281 g/mol. The van der Waals surface area contributed by atoms with Gasteiger partial charge in [0, 0.05) is 25.2 Å². The number of nitrogens with two attached hydrogens (primary N) is 1. The van der Waals surface area contributed by atoms with Gasteiger partial charge in [0.15, 0.2) is 0 Å². The second kappa shape index (κ2) is 5.78. The maximum absolute atomic E-state index is 11.5. The molecule has 1 aliphatic rings. The molecule has 2 atom stereocenters. The Labute approximate surface area is 118 Å². The first-order valence-electron chi connectivity index (χ1n) is 6.98. The molecule has 0 spiro atoms. The SMILES string of the molecule is CC(C)(C)OC(=O)NCCc1cn(C2CCC2N)nn1. The van der Waals surface area contributed by atoms with E-state index in [0.29, 0.717) is 13.0 Å². The molecule has 0 aliphatic heterocycles. The van der Waals surface area contributed by atoms with Crippen LogP contribution in [0.5, 0.6) is 0 Å². The maximum Gasteiger partial charge on any atom is 0.407 e. The fourth-order valence-corrected chi connectivity index (χ4v) is 2.03. The van der Waals surface area contributed by atoms with Crippen LogP contribution in [0.3, 0.4) is 0 Å². The van der Waals surface area contributed by atoms with Gasteiger partial charge in [0.05, 0.1) is 11.7 Å². The number of hydrogen-bond donors (Lipinski definition) is 2. The molecule has 1 amide bonds. The van der Waals surface area contributed by atoms with Crippen LogP contribution >= 0.6 is 0 Å². The van der Waals surface area contributed by atoms with Crippen molar-refractivity contribution in [1.82, 2.24) is 20.3 Å². The quantitative estimate of drug-likeness (QED) is 0.858. The van der Waals surface area contributed by atoms with Gasteiger partial charge in [0.25, 0.3) is 0 Å². The van der Waals surface area contributed by atoms with Crippen LogP contribution in [-0.2, 0) is 11.2 Å². The predicted octanol–water partition coefficient (Wildman–Crippen LogP) is 1.01. The summed E-state index contributed by atoms with van der Waals surface area (Å²) >= 11 is 0. The number of aromatic nitrogens is 3. The lowest BCUT2D eigenvalue weighted by Crippen LogP contribution is -2.41. The molecule has 1 heterocycles. The topological polar surface area (TPSA) is 95.1 Å². The van der Waals surface area contributed by atoms with Crippen molar-refractivity contribution in [1.29, 1.82) is 0 Å². The molecule has 7 nitrogen and oxygen atoms in total. The van der Waals surface area contributed by atoms with Gasteiger partial charge in [-0.2, -0.15) is 0 Å². The van der Waals surface area contributed by atoms with Crippen molar-refractivity contribution in [3.05, 3.63) is 11.9 Å². The summed E-state index contributed by atoms with van der Waals surface area (Å²) in [6.07, 6.45) is 4.22. The van der Waals surface area contributed by atoms with E-state index in [0.717, 1.165) is 18.5 Å². The summed E-state index contributed by atoms with van der Waals surface area (Å²) in [5.41, 5.74) is 6.27. The number of alkyl carbamates (subject to hydrolysis) is 1. The van der Waals surface area contributed by atoms with Crippen LogP contribution < -0.4 is 11.1 Å². The number of carbonyl (C=O) groups is 1. The highest BCUT2D eigenvalue weighted by Gasteiger charge is 2.29. The Balaban J connectivity index is 1.73. The molecule has 0 aromatic carbocycles. The molecule has 0 radical (unpaired) electrons. The zero-order valence-corrected chi connectivity index (χ0v) is 12.3. The smallest absolute Gasteiger partial charge is 0.407 e. The fourth-order valence-electron chi connectivity index (χ4n) is 2.03. The van der Waals surface area contributed by atoms with Crippen molar-refractivity contribution < 1.29 is 9.53 Å². The molecule has 1 fully saturated rings. The van der Waals surface area contributed by atoms with E-state index < -0.39 is 11.7 Å². The molecule has 2 rings (SSSR count). The molecule has 1 aromatic heterocycles. The summed E-state index contributed by atoms with van der Waals surface area (Å²) in [6, 6.07) is 0.458. The Morgan fingerprint density at radius 1 is 1.55 bits per heavy atom. The maximum atomic E-state index is 11.5. The summed E-state index contributed by atoms with van der Waals surface area (Å²) in [4.78, 5) is 11.5. The van der Waals surface area contributed by atoms with E-state index in [9.17, 15) is 4.79 Å². The number of rotatable bonds is 4. The van der Waals surface area contributed by atoms with Crippen LogP contribution in [0.4, 0.5) is 4.79 Å². The van der Waals surface area contributed by atoms with E-state index in [-0.39, 0.29) is 12.1 Å². The Morgan fingerprint density at radius 2 is 2.30 bits per heavy atom. The minimum absolute atomic E-state index is 0.185. The summed E-state index contributed by atoms with van der Waals surface area (Å²) < 4.78 is 6.98. The van der Waals surface area contributed by atoms with Gasteiger partial charge >= 0.3 is 6.09 Å².